The normalized spacial score (nSPS) is 15.1. The van der Waals surface area contributed by atoms with Gasteiger partial charge in [0.2, 0.25) is 5.91 Å². The van der Waals surface area contributed by atoms with E-state index in [1.807, 2.05) is 18.2 Å². The minimum atomic E-state index is 0.0517. The van der Waals surface area contributed by atoms with E-state index >= 15 is 0 Å². The fraction of sp³-hybridized carbons (Fsp3) is 0.550. The number of carbonyl (C=O) groups excluding carboxylic acids is 1. The Balaban J connectivity index is 1.47. The lowest BCUT2D eigenvalue weighted by molar-refractivity contribution is -0.118. The Hall–Kier alpha value is -1.82. The van der Waals surface area contributed by atoms with Gasteiger partial charge < -0.3 is 9.88 Å². The van der Waals surface area contributed by atoms with Crippen LogP contribution in [0.2, 0.25) is 0 Å². The first kappa shape index (κ1) is 19.0. The number of benzene rings is 1. The van der Waals surface area contributed by atoms with Crippen molar-refractivity contribution >= 4 is 17.7 Å². The van der Waals surface area contributed by atoms with Crippen LogP contribution in [0.4, 0.5) is 0 Å². The minimum Gasteiger partial charge on any atom is -0.355 e. The summed E-state index contributed by atoms with van der Waals surface area (Å²) in [5, 5.41) is 12.7. The van der Waals surface area contributed by atoms with Gasteiger partial charge in [-0.05, 0) is 31.7 Å². The Morgan fingerprint density at radius 2 is 1.96 bits per heavy atom. The first-order valence-electron chi connectivity index (χ1n) is 9.64. The molecule has 0 spiro atoms. The maximum atomic E-state index is 12.1. The lowest BCUT2D eigenvalue weighted by Gasteiger charge is -2.21. The maximum Gasteiger partial charge on any atom is 0.230 e. The highest BCUT2D eigenvalue weighted by Crippen LogP contribution is 2.33. The number of amides is 1. The zero-order valence-electron chi connectivity index (χ0n) is 15.5. The molecule has 140 valence electrons. The van der Waals surface area contributed by atoms with Crippen LogP contribution in [-0.4, -0.2) is 33.0 Å². The highest BCUT2D eigenvalue weighted by molar-refractivity contribution is 7.99. The van der Waals surface area contributed by atoms with Crippen molar-refractivity contribution in [2.75, 3.05) is 12.3 Å². The fourth-order valence-corrected chi connectivity index (χ4v) is 4.38. The van der Waals surface area contributed by atoms with Gasteiger partial charge in [0.1, 0.15) is 5.82 Å². The standard InChI is InChI=1S/C20H28N4OS/c1-2-24-19(17-11-7-4-8-12-17)22-23-20(24)26-15-18(25)21-14-13-16-9-5-3-6-10-16/h3,5-6,9-10,17H,2,4,7-8,11-15H2,1H3,(H,21,25). The van der Waals surface area contributed by atoms with Crippen molar-refractivity contribution in [3.8, 4) is 0 Å². The largest absolute Gasteiger partial charge is 0.355 e. The monoisotopic (exact) mass is 372 g/mol. The molecule has 1 aromatic carbocycles. The summed E-state index contributed by atoms with van der Waals surface area (Å²) in [5.41, 5.74) is 1.24. The Morgan fingerprint density at radius 1 is 1.19 bits per heavy atom. The summed E-state index contributed by atoms with van der Waals surface area (Å²) < 4.78 is 2.19. The van der Waals surface area contributed by atoms with Crippen LogP contribution in [0.15, 0.2) is 35.5 Å². The third-order valence-corrected chi connectivity index (χ3v) is 5.91. The number of rotatable bonds is 8. The second kappa shape index (κ2) is 9.76. The number of nitrogens with one attached hydrogen (secondary N) is 1. The smallest absolute Gasteiger partial charge is 0.230 e. The third kappa shape index (κ3) is 5.10. The van der Waals surface area contributed by atoms with Gasteiger partial charge >= 0.3 is 0 Å². The van der Waals surface area contributed by atoms with E-state index in [1.165, 1.54) is 49.4 Å². The van der Waals surface area contributed by atoms with Crippen LogP contribution in [0.3, 0.4) is 0 Å². The van der Waals surface area contributed by atoms with Crippen molar-refractivity contribution in [3.05, 3.63) is 41.7 Å². The second-order valence-corrected chi connectivity index (χ2v) is 7.74. The first-order valence-corrected chi connectivity index (χ1v) is 10.6. The molecular formula is C20H28N4OS. The topological polar surface area (TPSA) is 59.8 Å². The molecule has 1 aliphatic carbocycles. The van der Waals surface area contributed by atoms with Gasteiger partial charge in [-0.1, -0.05) is 61.4 Å². The lowest BCUT2D eigenvalue weighted by Crippen LogP contribution is -2.27. The summed E-state index contributed by atoms with van der Waals surface area (Å²) in [6.07, 6.45) is 7.18. The highest BCUT2D eigenvalue weighted by atomic mass is 32.2. The molecule has 26 heavy (non-hydrogen) atoms. The Morgan fingerprint density at radius 3 is 2.69 bits per heavy atom. The summed E-state index contributed by atoms with van der Waals surface area (Å²) in [7, 11) is 0. The van der Waals surface area contributed by atoms with Crippen molar-refractivity contribution in [2.24, 2.45) is 0 Å². The SMILES string of the molecule is CCn1c(SCC(=O)NCCc2ccccc2)nnc1C1CCCCC1. The van der Waals surface area contributed by atoms with Gasteiger partial charge in [0.25, 0.3) is 0 Å². The van der Waals surface area contributed by atoms with Crippen LogP contribution in [0.25, 0.3) is 0 Å². The number of hydrogen-bond acceptors (Lipinski definition) is 4. The first-order chi connectivity index (χ1) is 12.8. The molecule has 2 aromatic rings. The quantitative estimate of drug-likeness (QED) is 0.716. The van der Waals surface area contributed by atoms with Gasteiger partial charge in [0.15, 0.2) is 5.16 Å². The van der Waals surface area contributed by atoms with Gasteiger partial charge in [0.05, 0.1) is 5.75 Å². The molecule has 0 aliphatic heterocycles. The molecule has 1 N–H and O–H groups in total. The number of thioether (sulfide) groups is 1. The highest BCUT2D eigenvalue weighted by Gasteiger charge is 2.23. The van der Waals surface area contributed by atoms with Crippen molar-refractivity contribution < 1.29 is 4.79 Å². The van der Waals surface area contributed by atoms with E-state index in [1.54, 1.807) is 0 Å². The molecule has 1 heterocycles. The van der Waals surface area contributed by atoms with Crippen LogP contribution in [0.1, 0.15) is 56.3 Å². The summed E-state index contributed by atoms with van der Waals surface area (Å²) in [4.78, 5) is 12.1. The van der Waals surface area contributed by atoms with Crippen LogP contribution in [0, 0.1) is 0 Å². The zero-order valence-corrected chi connectivity index (χ0v) is 16.3. The molecule has 1 amide bonds. The van der Waals surface area contributed by atoms with Gasteiger partial charge in [-0.25, -0.2) is 0 Å². The van der Waals surface area contributed by atoms with Crippen molar-refractivity contribution in [3.63, 3.8) is 0 Å². The summed E-state index contributed by atoms with van der Waals surface area (Å²) in [6.45, 7) is 3.65. The molecule has 0 saturated heterocycles. The van der Waals surface area contributed by atoms with E-state index in [0.29, 0.717) is 18.2 Å². The second-order valence-electron chi connectivity index (χ2n) is 6.79. The number of hydrogen-bond donors (Lipinski definition) is 1. The van der Waals surface area contributed by atoms with Crippen LogP contribution in [0.5, 0.6) is 0 Å². The molecule has 5 nitrogen and oxygen atoms in total. The van der Waals surface area contributed by atoms with Gasteiger partial charge in [-0.3, -0.25) is 4.79 Å². The van der Waals surface area contributed by atoms with E-state index in [2.05, 4.69) is 39.1 Å². The van der Waals surface area contributed by atoms with E-state index in [0.717, 1.165) is 23.9 Å². The predicted octanol–water partition coefficient (Wildman–Crippen LogP) is 3.80. The molecular weight excluding hydrogens is 344 g/mol. The average Bonchev–Trinajstić information content (AvgIpc) is 3.11. The van der Waals surface area contributed by atoms with E-state index in [-0.39, 0.29) is 5.91 Å². The molecule has 1 aromatic heterocycles. The predicted molar refractivity (Wildman–Crippen MR) is 105 cm³/mol. The lowest BCUT2D eigenvalue weighted by atomic mass is 9.89. The number of carbonyl (C=O) groups is 1. The zero-order chi connectivity index (χ0) is 18.2. The Kier molecular flexibility index (Phi) is 7.12. The van der Waals surface area contributed by atoms with Crippen LogP contribution in [-0.2, 0) is 17.8 Å². The van der Waals surface area contributed by atoms with E-state index in [4.69, 9.17) is 0 Å². The molecule has 0 bridgehead atoms. The molecule has 1 fully saturated rings. The Bertz CT molecular complexity index is 695. The van der Waals surface area contributed by atoms with Crippen LogP contribution < -0.4 is 5.32 Å². The van der Waals surface area contributed by atoms with Crippen molar-refractivity contribution in [2.45, 2.75) is 63.1 Å². The molecule has 6 heteroatoms. The van der Waals surface area contributed by atoms with Crippen molar-refractivity contribution in [1.29, 1.82) is 0 Å². The van der Waals surface area contributed by atoms with E-state index in [9.17, 15) is 4.79 Å². The summed E-state index contributed by atoms with van der Waals surface area (Å²) >= 11 is 1.49. The van der Waals surface area contributed by atoms with Gasteiger partial charge in [-0.15, -0.1) is 10.2 Å². The molecule has 1 aliphatic rings. The average molecular weight is 373 g/mol. The summed E-state index contributed by atoms with van der Waals surface area (Å²) in [6, 6.07) is 10.2. The van der Waals surface area contributed by atoms with E-state index < -0.39 is 0 Å². The molecule has 0 unspecified atom stereocenters. The third-order valence-electron chi connectivity index (χ3n) is 4.94. The van der Waals surface area contributed by atoms with Crippen molar-refractivity contribution in [1.82, 2.24) is 20.1 Å². The van der Waals surface area contributed by atoms with Gasteiger partial charge in [0, 0.05) is 19.0 Å². The minimum absolute atomic E-state index is 0.0517. The fourth-order valence-electron chi connectivity index (χ4n) is 3.54. The number of aromatic nitrogens is 3. The molecule has 3 rings (SSSR count). The molecule has 1 saturated carbocycles. The van der Waals surface area contributed by atoms with Gasteiger partial charge in [-0.2, -0.15) is 0 Å². The maximum absolute atomic E-state index is 12.1. The number of nitrogens with zero attached hydrogens (tertiary/aromatic N) is 3. The molecule has 0 radical (unpaired) electrons. The summed E-state index contributed by atoms with van der Waals surface area (Å²) in [5.74, 6) is 2.08. The molecule has 0 atom stereocenters. The Labute approximate surface area is 160 Å². The van der Waals surface area contributed by atoms with Crippen LogP contribution >= 0.6 is 11.8 Å².